The van der Waals surface area contributed by atoms with Gasteiger partial charge in [0.05, 0.1) is 35.0 Å². The van der Waals surface area contributed by atoms with Crippen molar-refractivity contribution in [3.8, 4) is 5.69 Å². The molecule has 0 radical (unpaired) electrons. The number of hydrogen-bond acceptors (Lipinski definition) is 5. The lowest BCUT2D eigenvalue weighted by molar-refractivity contribution is 0.0918. The second kappa shape index (κ2) is 7.33. The second-order valence-corrected chi connectivity index (χ2v) is 9.95. The molecule has 2 aliphatic heterocycles. The highest BCUT2D eigenvalue weighted by Gasteiger charge is 2.42. The van der Waals surface area contributed by atoms with Gasteiger partial charge in [0.15, 0.2) is 9.84 Å². The van der Waals surface area contributed by atoms with Crippen LogP contribution in [0.3, 0.4) is 0 Å². The van der Waals surface area contributed by atoms with Crippen LogP contribution in [0.1, 0.15) is 34.6 Å². The molecule has 150 valence electrons. The Morgan fingerprint density at radius 3 is 2.64 bits per heavy atom. The minimum absolute atomic E-state index is 0.0151. The maximum atomic E-state index is 13.0. The molecule has 0 bridgehead atoms. The number of aryl methyl sites for hydroxylation is 1. The highest BCUT2D eigenvalue weighted by atomic mass is 32.2. The van der Waals surface area contributed by atoms with Crippen LogP contribution in [0.25, 0.3) is 5.69 Å². The minimum Gasteiger partial charge on any atom is -0.347 e. The smallest absolute Gasteiger partial charge is 0.253 e. The van der Waals surface area contributed by atoms with Crippen molar-refractivity contribution < 1.29 is 13.2 Å². The van der Waals surface area contributed by atoms with Gasteiger partial charge in [0.1, 0.15) is 0 Å². The monoisotopic (exact) mass is 402 g/mol. The van der Waals surface area contributed by atoms with Crippen LogP contribution in [0.2, 0.25) is 0 Å². The Labute approximate surface area is 165 Å². The molecule has 4 rings (SSSR count). The number of carbonyl (C=O) groups excluding carboxylic acids is 1. The average molecular weight is 403 g/mol. The highest BCUT2D eigenvalue weighted by Crippen LogP contribution is 2.24. The molecule has 0 spiro atoms. The summed E-state index contributed by atoms with van der Waals surface area (Å²) >= 11 is 0. The van der Waals surface area contributed by atoms with Crippen LogP contribution in [0.4, 0.5) is 0 Å². The maximum absolute atomic E-state index is 13.0. The molecule has 2 saturated heterocycles. The first-order chi connectivity index (χ1) is 13.4. The van der Waals surface area contributed by atoms with Crippen LogP contribution in [-0.2, 0) is 9.84 Å². The number of aromatic nitrogens is 2. The molecule has 0 aliphatic carbocycles. The van der Waals surface area contributed by atoms with Gasteiger partial charge in [-0.05, 0) is 58.0 Å². The molecule has 0 aromatic carbocycles. The zero-order valence-corrected chi connectivity index (χ0v) is 17.1. The number of carbonyl (C=O) groups is 1. The van der Waals surface area contributed by atoms with Gasteiger partial charge in [0.2, 0.25) is 0 Å². The molecule has 2 unspecified atom stereocenters. The zero-order chi connectivity index (χ0) is 19.9. The van der Waals surface area contributed by atoms with Gasteiger partial charge < -0.3 is 9.88 Å². The van der Waals surface area contributed by atoms with Crippen molar-refractivity contribution in [3.63, 3.8) is 0 Å². The predicted octanol–water partition coefficient (Wildman–Crippen LogP) is 1.48. The Morgan fingerprint density at radius 2 is 1.96 bits per heavy atom. The number of nitrogens with zero attached hydrogens (tertiary/aromatic N) is 3. The SMILES string of the molecule is Cc1cc(C(=O)NC2CS(=O)(=O)CC2N2CCCC2)c(C)n1-c1cccnc1. The van der Waals surface area contributed by atoms with Crippen molar-refractivity contribution >= 4 is 15.7 Å². The molecular weight excluding hydrogens is 376 g/mol. The molecule has 8 heteroatoms. The van der Waals surface area contributed by atoms with E-state index in [4.69, 9.17) is 0 Å². The van der Waals surface area contributed by atoms with Gasteiger partial charge in [-0.3, -0.25) is 14.7 Å². The van der Waals surface area contributed by atoms with Gasteiger partial charge in [-0.2, -0.15) is 0 Å². The topological polar surface area (TPSA) is 84.3 Å². The molecule has 1 N–H and O–H groups in total. The molecule has 28 heavy (non-hydrogen) atoms. The third-order valence-electron chi connectivity index (χ3n) is 5.83. The van der Waals surface area contributed by atoms with Crippen molar-refractivity contribution in [3.05, 3.63) is 47.5 Å². The quantitative estimate of drug-likeness (QED) is 0.837. The second-order valence-electron chi connectivity index (χ2n) is 7.80. The number of pyridine rings is 1. The fraction of sp³-hybridized carbons (Fsp3) is 0.500. The fourth-order valence-corrected chi connectivity index (χ4v) is 6.47. The Bertz CT molecular complexity index is 978. The lowest BCUT2D eigenvalue weighted by atomic mass is 10.1. The van der Waals surface area contributed by atoms with Crippen molar-refractivity contribution in [1.29, 1.82) is 0 Å². The molecule has 1 amide bonds. The van der Waals surface area contributed by atoms with Crippen LogP contribution < -0.4 is 5.32 Å². The number of hydrogen-bond donors (Lipinski definition) is 1. The van der Waals surface area contributed by atoms with Crippen molar-refractivity contribution in [2.75, 3.05) is 24.6 Å². The average Bonchev–Trinajstić information content (AvgIpc) is 3.34. The largest absolute Gasteiger partial charge is 0.347 e. The third kappa shape index (κ3) is 3.58. The summed E-state index contributed by atoms with van der Waals surface area (Å²) < 4.78 is 26.5. The molecule has 2 aliphatic rings. The fourth-order valence-electron chi connectivity index (χ4n) is 4.52. The molecular formula is C20H26N4O3S. The van der Waals surface area contributed by atoms with Crippen LogP contribution in [0, 0.1) is 13.8 Å². The Morgan fingerprint density at radius 1 is 1.21 bits per heavy atom. The molecule has 7 nitrogen and oxygen atoms in total. The summed E-state index contributed by atoms with van der Waals surface area (Å²) in [5.74, 6) is -0.0667. The minimum atomic E-state index is -3.14. The summed E-state index contributed by atoms with van der Waals surface area (Å²) in [6.07, 6.45) is 5.64. The van der Waals surface area contributed by atoms with Crippen LogP contribution in [0.15, 0.2) is 30.6 Å². The number of amides is 1. The molecule has 4 heterocycles. The Balaban J connectivity index is 1.58. The van der Waals surface area contributed by atoms with E-state index in [0.717, 1.165) is 43.0 Å². The van der Waals surface area contributed by atoms with E-state index in [0.29, 0.717) is 5.56 Å². The summed E-state index contributed by atoms with van der Waals surface area (Å²) in [6, 6.07) is 5.17. The summed E-state index contributed by atoms with van der Waals surface area (Å²) in [4.78, 5) is 19.4. The van der Waals surface area contributed by atoms with Gasteiger partial charge in [0, 0.05) is 23.6 Å². The first-order valence-corrected chi connectivity index (χ1v) is 11.5. The number of sulfone groups is 1. The molecule has 2 aromatic rings. The molecule has 2 atom stereocenters. The molecule has 2 fully saturated rings. The number of rotatable bonds is 4. The van der Waals surface area contributed by atoms with E-state index in [1.807, 2.05) is 36.6 Å². The summed E-state index contributed by atoms with van der Waals surface area (Å²) in [7, 11) is -3.14. The van der Waals surface area contributed by atoms with E-state index in [-0.39, 0.29) is 29.5 Å². The van der Waals surface area contributed by atoms with Crippen molar-refractivity contribution in [1.82, 2.24) is 19.8 Å². The third-order valence-corrected chi connectivity index (χ3v) is 7.55. The van der Waals surface area contributed by atoms with E-state index in [1.54, 1.807) is 12.4 Å². The highest BCUT2D eigenvalue weighted by molar-refractivity contribution is 7.91. The van der Waals surface area contributed by atoms with Gasteiger partial charge in [-0.1, -0.05) is 0 Å². The van der Waals surface area contributed by atoms with Crippen molar-refractivity contribution in [2.45, 2.75) is 38.8 Å². The Hall–Kier alpha value is -2.19. The van der Waals surface area contributed by atoms with E-state index < -0.39 is 9.84 Å². The first-order valence-electron chi connectivity index (χ1n) is 9.70. The zero-order valence-electron chi connectivity index (χ0n) is 16.3. The lowest BCUT2D eigenvalue weighted by Crippen LogP contribution is -2.50. The standard InChI is InChI=1S/C20H26N4O3S/c1-14-10-17(15(2)24(14)16-6-5-7-21-11-16)20(25)22-18-12-28(26,27)13-19(18)23-8-3-4-9-23/h5-7,10-11,18-19H,3-4,8-9,12-13H2,1-2H3,(H,22,25). The summed E-state index contributed by atoms with van der Waals surface area (Å²) in [6.45, 7) is 5.66. The van der Waals surface area contributed by atoms with Crippen LogP contribution >= 0.6 is 0 Å². The number of likely N-dealkylation sites (tertiary alicyclic amines) is 1. The number of nitrogens with one attached hydrogen (secondary N) is 1. The normalized spacial score (nSPS) is 24.5. The van der Waals surface area contributed by atoms with Gasteiger partial charge in [-0.15, -0.1) is 0 Å². The van der Waals surface area contributed by atoms with Crippen LogP contribution in [-0.4, -0.2) is 65.5 Å². The van der Waals surface area contributed by atoms with Gasteiger partial charge in [-0.25, -0.2) is 8.42 Å². The van der Waals surface area contributed by atoms with E-state index >= 15 is 0 Å². The summed E-state index contributed by atoms with van der Waals surface area (Å²) in [5, 5.41) is 3.02. The summed E-state index contributed by atoms with van der Waals surface area (Å²) in [5.41, 5.74) is 3.23. The van der Waals surface area contributed by atoms with E-state index in [9.17, 15) is 13.2 Å². The molecule has 2 aromatic heterocycles. The van der Waals surface area contributed by atoms with Gasteiger partial charge in [0.25, 0.3) is 5.91 Å². The predicted molar refractivity (Wildman–Crippen MR) is 108 cm³/mol. The first kappa shape index (κ1) is 19.1. The van der Waals surface area contributed by atoms with Crippen LogP contribution in [0.5, 0.6) is 0 Å². The maximum Gasteiger partial charge on any atom is 0.253 e. The van der Waals surface area contributed by atoms with E-state index in [1.165, 1.54) is 0 Å². The van der Waals surface area contributed by atoms with Crippen molar-refractivity contribution in [2.24, 2.45) is 0 Å². The Kier molecular flexibility index (Phi) is 5.01. The van der Waals surface area contributed by atoms with E-state index in [2.05, 4.69) is 15.2 Å². The van der Waals surface area contributed by atoms with Gasteiger partial charge >= 0.3 is 0 Å². The molecule has 0 saturated carbocycles. The lowest BCUT2D eigenvalue weighted by Gasteiger charge is -2.28.